The molecule has 0 unspecified atom stereocenters. The second kappa shape index (κ2) is 5.44. The monoisotopic (exact) mass is 262 g/mol. The summed E-state index contributed by atoms with van der Waals surface area (Å²) in [5.74, 6) is 1.48. The lowest BCUT2D eigenvalue weighted by atomic mass is 10.3. The number of hydrogen-bond acceptors (Lipinski definition) is 5. The summed E-state index contributed by atoms with van der Waals surface area (Å²) in [4.78, 5) is 0. The van der Waals surface area contributed by atoms with E-state index in [4.69, 9.17) is 9.26 Å². The van der Waals surface area contributed by atoms with E-state index in [0.717, 1.165) is 30.3 Å². The molecule has 0 spiro atoms. The molecule has 0 atom stereocenters. The first-order valence-corrected chi connectivity index (χ1v) is 6.66. The van der Waals surface area contributed by atoms with E-state index >= 15 is 0 Å². The number of ether oxygens (including phenoxy) is 1. The summed E-state index contributed by atoms with van der Waals surface area (Å²) in [5, 5.41) is 11.5. The molecule has 6 heteroatoms. The molecular formula is C13H18N4O2. The lowest BCUT2D eigenvalue weighted by Gasteiger charge is -1.98. The van der Waals surface area contributed by atoms with Crippen molar-refractivity contribution >= 4 is 0 Å². The fourth-order valence-corrected chi connectivity index (χ4v) is 1.79. The van der Waals surface area contributed by atoms with E-state index < -0.39 is 0 Å². The average Bonchev–Trinajstić information content (AvgIpc) is 2.97. The Kier molecular flexibility index (Phi) is 3.50. The number of nitrogens with zero attached hydrogens (tertiary/aromatic N) is 3. The van der Waals surface area contributed by atoms with Crippen LogP contribution in [0.4, 0.5) is 0 Å². The second-order valence-electron chi connectivity index (χ2n) is 4.76. The predicted octanol–water partition coefficient (Wildman–Crippen LogP) is 1.72. The summed E-state index contributed by atoms with van der Waals surface area (Å²) in [6, 6.07) is 2.61. The average molecular weight is 262 g/mol. The Bertz CT molecular complexity index is 530. The highest BCUT2D eigenvalue weighted by atomic mass is 16.5. The number of aromatic nitrogens is 3. The zero-order valence-electron chi connectivity index (χ0n) is 11.0. The molecule has 19 heavy (non-hydrogen) atoms. The number of hydrogen-bond donors (Lipinski definition) is 1. The highest BCUT2D eigenvalue weighted by molar-refractivity contribution is 5.13. The van der Waals surface area contributed by atoms with Crippen molar-refractivity contribution < 1.29 is 9.26 Å². The molecule has 1 N–H and O–H groups in total. The van der Waals surface area contributed by atoms with E-state index in [1.165, 1.54) is 12.8 Å². The summed E-state index contributed by atoms with van der Waals surface area (Å²) >= 11 is 0. The molecule has 0 radical (unpaired) electrons. The fourth-order valence-electron chi connectivity index (χ4n) is 1.79. The first-order chi connectivity index (χ1) is 9.33. The molecule has 0 aromatic carbocycles. The van der Waals surface area contributed by atoms with Crippen LogP contribution in [0.5, 0.6) is 5.75 Å². The van der Waals surface area contributed by atoms with Gasteiger partial charge in [-0.2, -0.15) is 5.10 Å². The Morgan fingerprint density at radius 2 is 2.42 bits per heavy atom. The van der Waals surface area contributed by atoms with Gasteiger partial charge in [0.25, 0.3) is 0 Å². The van der Waals surface area contributed by atoms with Gasteiger partial charge in [-0.3, -0.25) is 4.68 Å². The first kappa shape index (κ1) is 12.2. The van der Waals surface area contributed by atoms with Crippen LogP contribution in [0.15, 0.2) is 23.0 Å². The summed E-state index contributed by atoms with van der Waals surface area (Å²) in [6.45, 7) is 4.02. The van der Waals surface area contributed by atoms with Crippen LogP contribution < -0.4 is 10.1 Å². The van der Waals surface area contributed by atoms with Crippen molar-refractivity contribution in [2.24, 2.45) is 0 Å². The molecule has 2 aromatic rings. The van der Waals surface area contributed by atoms with Crippen molar-refractivity contribution in [1.82, 2.24) is 20.3 Å². The van der Waals surface area contributed by atoms with Crippen LogP contribution in [0.2, 0.25) is 0 Å². The first-order valence-electron chi connectivity index (χ1n) is 6.66. The molecule has 1 fully saturated rings. The maximum atomic E-state index is 5.59. The van der Waals surface area contributed by atoms with Gasteiger partial charge in [0.05, 0.1) is 18.1 Å². The van der Waals surface area contributed by atoms with E-state index in [-0.39, 0.29) is 0 Å². The van der Waals surface area contributed by atoms with Gasteiger partial charge in [0, 0.05) is 25.2 Å². The highest BCUT2D eigenvalue weighted by Gasteiger charge is 2.20. The molecule has 0 amide bonds. The Morgan fingerprint density at radius 3 is 3.16 bits per heavy atom. The molecule has 1 aliphatic carbocycles. The van der Waals surface area contributed by atoms with E-state index in [1.807, 2.05) is 23.9 Å². The lowest BCUT2D eigenvalue weighted by molar-refractivity contribution is 0.248. The Hall–Kier alpha value is -1.82. The van der Waals surface area contributed by atoms with Gasteiger partial charge < -0.3 is 14.6 Å². The maximum Gasteiger partial charge on any atom is 0.174 e. The molecule has 1 saturated carbocycles. The van der Waals surface area contributed by atoms with E-state index in [9.17, 15) is 0 Å². The summed E-state index contributed by atoms with van der Waals surface area (Å²) in [7, 11) is 0. The van der Waals surface area contributed by atoms with Crippen LogP contribution in [-0.4, -0.2) is 21.0 Å². The van der Waals surface area contributed by atoms with Crippen LogP contribution in [0.3, 0.4) is 0 Å². The Morgan fingerprint density at radius 1 is 1.53 bits per heavy atom. The van der Waals surface area contributed by atoms with Crippen LogP contribution in [-0.2, 0) is 19.7 Å². The van der Waals surface area contributed by atoms with Crippen molar-refractivity contribution in [2.45, 2.75) is 45.5 Å². The Balaban J connectivity index is 1.48. The molecule has 6 nitrogen and oxygen atoms in total. The molecule has 0 saturated heterocycles. The molecule has 2 heterocycles. The fraction of sp³-hybridized carbons (Fsp3) is 0.538. The van der Waals surface area contributed by atoms with Gasteiger partial charge in [-0.05, 0) is 19.8 Å². The largest absolute Gasteiger partial charge is 0.482 e. The Labute approximate surface area is 111 Å². The quantitative estimate of drug-likeness (QED) is 0.823. The minimum Gasteiger partial charge on any atom is -0.482 e. The molecular weight excluding hydrogens is 244 g/mol. The number of nitrogens with one attached hydrogen (secondary N) is 1. The SMILES string of the molecule is CCn1cc(OCc2cc(CNC3CC3)no2)cn1. The second-order valence-corrected chi connectivity index (χ2v) is 4.76. The molecule has 1 aliphatic rings. The zero-order chi connectivity index (χ0) is 13.1. The summed E-state index contributed by atoms with van der Waals surface area (Å²) in [6.07, 6.45) is 6.12. The lowest BCUT2D eigenvalue weighted by Crippen LogP contribution is -2.15. The standard InChI is InChI=1S/C13H18N4O2/c1-2-17-8-13(7-15-17)18-9-12-5-11(16-19-12)6-14-10-3-4-10/h5,7-8,10,14H,2-4,6,9H2,1H3. The minimum atomic E-state index is 0.381. The summed E-state index contributed by atoms with van der Waals surface area (Å²) < 4.78 is 12.6. The van der Waals surface area contributed by atoms with Gasteiger partial charge in [-0.25, -0.2) is 0 Å². The van der Waals surface area contributed by atoms with Crippen LogP contribution in [0.25, 0.3) is 0 Å². The van der Waals surface area contributed by atoms with Gasteiger partial charge in [0.2, 0.25) is 0 Å². The molecule has 0 bridgehead atoms. The molecule has 102 valence electrons. The smallest absolute Gasteiger partial charge is 0.174 e. The van der Waals surface area contributed by atoms with Crippen molar-refractivity contribution in [2.75, 3.05) is 0 Å². The van der Waals surface area contributed by atoms with Gasteiger partial charge in [0.1, 0.15) is 6.61 Å². The van der Waals surface area contributed by atoms with Crippen molar-refractivity contribution in [1.29, 1.82) is 0 Å². The van der Waals surface area contributed by atoms with Crippen LogP contribution in [0.1, 0.15) is 31.2 Å². The van der Waals surface area contributed by atoms with Gasteiger partial charge in [-0.1, -0.05) is 5.16 Å². The van der Waals surface area contributed by atoms with Gasteiger partial charge >= 0.3 is 0 Å². The van der Waals surface area contributed by atoms with Crippen molar-refractivity contribution in [3.8, 4) is 5.75 Å². The van der Waals surface area contributed by atoms with Gasteiger partial charge in [-0.15, -0.1) is 0 Å². The van der Waals surface area contributed by atoms with E-state index in [2.05, 4.69) is 15.6 Å². The van der Waals surface area contributed by atoms with Gasteiger partial charge in [0.15, 0.2) is 11.5 Å². The van der Waals surface area contributed by atoms with Crippen molar-refractivity contribution in [3.05, 3.63) is 29.9 Å². The zero-order valence-corrected chi connectivity index (χ0v) is 11.0. The normalized spacial score (nSPS) is 14.8. The highest BCUT2D eigenvalue weighted by Crippen LogP contribution is 2.19. The topological polar surface area (TPSA) is 65.1 Å². The molecule has 2 aromatic heterocycles. The van der Waals surface area contributed by atoms with Crippen LogP contribution in [0, 0.1) is 0 Å². The number of rotatable bonds is 7. The molecule has 3 rings (SSSR count). The third-order valence-corrected chi connectivity index (χ3v) is 3.07. The maximum absolute atomic E-state index is 5.59. The third-order valence-electron chi connectivity index (χ3n) is 3.07. The predicted molar refractivity (Wildman–Crippen MR) is 68.6 cm³/mol. The number of aryl methyl sites for hydroxylation is 1. The minimum absolute atomic E-state index is 0.381. The van der Waals surface area contributed by atoms with E-state index in [1.54, 1.807) is 6.20 Å². The summed E-state index contributed by atoms with van der Waals surface area (Å²) in [5.41, 5.74) is 0.926. The third kappa shape index (κ3) is 3.35. The molecule has 0 aliphatic heterocycles. The van der Waals surface area contributed by atoms with Crippen molar-refractivity contribution in [3.63, 3.8) is 0 Å². The van der Waals surface area contributed by atoms with E-state index in [0.29, 0.717) is 12.6 Å². The van der Waals surface area contributed by atoms with Crippen LogP contribution >= 0.6 is 0 Å².